The van der Waals surface area contributed by atoms with Gasteiger partial charge in [0.15, 0.2) is 0 Å². The quantitative estimate of drug-likeness (QED) is 0.833. The van der Waals surface area contributed by atoms with Gasteiger partial charge in [-0.25, -0.2) is 0 Å². The van der Waals surface area contributed by atoms with Crippen LogP contribution in [-0.2, 0) is 4.79 Å². The Kier molecular flexibility index (Phi) is 2.62. The largest absolute Gasteiger partial charge is 0.493 e. The predicted octanol–water partition coefficient (Wildman–Crippen LogP) is 2.66. The zero-order chi connectivity index (χ0) is 11.8. The molecule has 0 radical (unpaired) electrons. The Morgan fingerprint density at radius 1 is 1.50 bits per heavy atom. The smallest absolute Gasteiger partial charge is 0.303 e. The number of carboxylic acids is 1. The number of hydrogen-bond donors (Lipinski definition) is 1. The molecular formula is C13H16O3. The molecule has 0 fully saturated rings. The van der Waals surface area contributed by atoms with Gasteiger partial charge in [-0.05, 0) is 11.6 Å². The van der Waals surface area contributed by atoms with E-state index in [1.807, 2.05) is 24.3 Å². The van der Waals surface area contributed by atoms with Crippen LogP contribution in [-0.4, -0.2) is 17.7 Å². The third kappa shape index (κ3) is 1.90. The fourth-order valence-corrected chi connectivity index (χ4v) is 2.25. The van der Waals surface area contributed by atoms with E-state index in [9.17, 15) is 4.79 Å². The molecule has 3 heteroatoms. The molecule has 0 aromatic heterocycles. The van der Waals surface area contributed by atoms with E-state index in [1.165, 1.54) is 0 Å². The number of benzene rings is 1. The van der Waals surface area contributed by atoms with Crippen molar-refractivity contribution in [1.29, 1.82) is 0 Å². The highest BCUT2D eigenvalue weighted by Crippen LogP contribution is 2.45. The predicted molar refractivity (Wildman–Crippen MR) is 60.7 cm³/mol. The van der Waals surface area contributed by atoms with Crippen LogP contribution < -0.4 is 4.74 Å². The fraction of sp³-hybridized carbons (Fsp3) is 0.462. The minimum absolute atomic E-state index is 0.0231. The number of fused-ring (bicyclic) bond motifs is 1. The van der Waals surface area contributed by atoms with E-state index in [0.29, 0.717) is 6.61 Å². The van der Waals surface area contributed by atoms with E-state index in [-0.39, 0.29) is 17.8 Å². The van der Waals surface area contributed by atoms with Crippen LogP contribution in [0.1, 0.15) is 31.7 Å². The maximum absolute atomic E-state index is 10.9. The second kappa shape index (κ2) is 3.81. The van der Waals surface area contributed by atoms with E-state index in [0.717, 1.165) is 11.3 Å². The number of para-hydroxylation sites is 1. The molecule has 1 aromatic rings. The van der Waals surface area contributed by atoms with Gasteiger partial charge in [0.1, 0.15) is 5.75 Å². The van der Waals surface area contributed by atoms with Crippen molar-refractivity contribution >= 4 is 5.97 Å². The van der Waals surface area contributed by atoms with Crippen LogP contribution in [0.25, 0.3) is 0 Å². The first-order chi connectivity index (χ1) is 7.50. The van der Waals surface area contributed by atoms with Gasteiger partial charge in [-0.2, -0.15) is 0 Å². The zero-order valence-corrected chi connectivity index (χ0v) is 9.56. The van der Waals surface area contributed by atoms with E-state index in [2.05, 4.69) is 13.8 Å². The third-order valence-electron chi connectivity index (χ3n) is 3.22. The molecule has 0 aliphatic carbocycles. The standard InChI is InChI=1S/C13H16O3/c1-13(2)8-16-11-6-4-3-5-9(11)10(13)7-12(14)15/h3-6,10H,7-8H2,1-2H3,(H,14,15). The summed E-state index contributed by atoms with van der Waals surface area (Å²) in [6.45, 7) is 4.68. The Labute approximate surface area is 95.0 Å². The van der Waals surface area contributed by atoms with Crippen LogP contribution in [0.15, 0.2) is 24.3 Å². The van der Waals surface area contributed by atoms with Crippen LogP contribution >= 0.6 is 0 Å². The lowest BCUT2D eigenvalue weighted by atomic mass is 9.72. The summed E-state index contributed by atoms with van der Waals surface area (Å²) < 4.78 is 5.66. The van der Waals surface area contributed by atoms with Crippen molar-refractivity contribution in [2.75, 3.05) is 6.61 Å². The van der Waals surface area contributed by atoms with Crippen molar-refractivity contribution in [2.24, 2.45) is 5.41 Å². The molecule has 0 saturated carbocycles. The molecule has 1 unspecified atom stereocenters. The molecular weight excluding hydrogens is 204 g/mol. The third-order valence-corrected chi connectivity index (χ3v) is 3.22. The number of rotatable bonds is 2. The highest BCUT2D eigenvalue weighted by Gasteiger charge is 2.38. The summed E-state index contributed by atoms with van der Waals surface area (Å²) in [6, 6.07) is 7.71. The van der Waals surface area contributed by atoms with Crippen LogP contribution in [0.2, 0.25) is 0 Å². The first-order valence-electron chi connectivity index (χ1n) is 5.44. The van der Waals surface area contributed by atoms with Gasteiger partial charge in [0.25, 0.3) is 0 Å². The van der Waals surface area contributed by atoms with Gasteiger partial charge in [-0.1, -0.05) is 32.0 Å². The molecule has 3 nitrogen and oxygen atoms in total. The molecule has 1 aromatic carbocycles. The zero-order valence-electron chi connectivity index (χ0n) is 9.56. The minimum Gasteiger partial charge on any atom is -0.493 e. The summed E-state index contributed by atoms with van der Waals surface area (Å²) in [5.41, 5.74) is 0.883. The lowest BCUT2D eigenvalue weighted by Crippen LogP contribution is -2.34. The first-order valence-corrected chi connectivity index (χ1v) is 5.44. The van der Waals surface area contributed by atoms with Crippen molar-refractivity contribution in [2.45, 2.75) is 26.2 Å². The van der Waals surface area contributed by atoms with Gasteiger partial charge in [0.05, 0.1) is 13.0 Å². The molecule has 1 aliphatic rings. The Morgan fingerprint density at radius 3 is 2.88 bits per heavy atom. The van der Waals surface area contributed by atoms with E-state index < -0.39 is 5.97 Å². The van der Waals surface area contributed by atoms with Crippen LogP contribution in [0.3, 0.4) is 0 Å². The minimum atomic E-state index is -0.755. The second-order valence-electron chi connectivity index (χ2n) is 4.97. The first kappa shape index (κ1) is 11.0. The molecule has 1 heterocycles. The topological polar surface area (TPSA) is 46.5 Å². The molecule has 0 amide bonds. The SMILES string of the molecule is CC1(C)COc2ccccc2C1CC(=O)O. The Bertz CT molecular complexity index is 409. The average molecular weight is 220 g/mol. The molecule has 1 atom stereocenters. The summed E-state index contributed by atoms with van der Waals surface area (Å²) in [7, 11) is 0. The summed E-state index contributed by atoms with van der Waals surface area (Å²) >= 11 is 0. The van der Waals surface area contributed by atoms with Crippen molar-refractivity contribution in [3.05, 3.63) is 29.8 Å². The Hall–Kier alpha value is -1.51. The molecule has 0 spiro atoms. The summed E-state index contributed by atoms with van der Waals surface area (Å²) in [5, 5.41) is 8.98. The van der Waals surface area contributed by atoms with Crippen molar-refractivity contribution in [3.8, 4) is 5.75 Å². The molecule has 2 rings (SSSR count). The summed E-state index contributed by atoms with van der Waals surface area (Å²) in [6.07, 6.45) is 0.160. The summed E-state index contributed by atoms with van der Waals surface area (Å²) in [4.78, 5) is 10.9. The normalized spacial score (nSPS) is 22.0. The van der Waals surface area contributed by atoms with Gasteiger partial charge in [-0.15, -0.1) is 0 Å². The highest BCUT2D eigenvalue weighted by atomic mass is 16.5. The van der Waals surface area contributed by atoms with Gasteiger partial charge in [0.2, 0.25) is 0 Å². The fourth-order valence-electron chi connectivity index (χ4n) is 2.25. The van der Waals surface area contributed by atoms with Crippen molar-refractivity contribution in [1.82, 2.24) is 0 Å². The maximum Gasteiger partial charge on any atom is 0.303 e. The van der Waals surface area contributed by atoms with Gasteiger partial charge in [0, 0.05) is 11.3 Å². The van der Waals surface area contributed by atoms with Gasteiger partial charge < -0.3 is 9.84 Å². The van der Waals surface area contributed by atoms with E-state index in [1.54, 1.807) is 0 Å². The molecule has 86 valence electrons. The number of ether oxygens (including phenoxy) is 1. The van der Waals surface area contributed by atoms with Gasteiger partial charge >= 0.3 is 5.97 Å². The lowest BCUT2D eigenvalue weighted by Gasteiger charge is -2.39. The highest BCUT2D eigenvalue weighted by molar-refractivity contribution is 5.68. The number of aliphatic carboxylic acids is 1. The Balaban J connectivity index is 2.41. The monoisotopic (exact) mass is 220 g/mol. The van der Waals surface area contributed by atoms with Gasteiger partial charge in [-0.3, -0.25) is 4.79 Å². The molecule has 0 saturated heterocycles. The number of hydrogen-bond acceptors (Lipinski definition) is 2. The Morgan fingerprint density at radius 2 is 2.19 bits per heavy atom. The van der Waals surface area contributed by atoms with Crippen LogP contribution in [0.5, 0.6) is 5.75 Å². The van der Waals surface area contributed by atoms with Crippen LogP contribution in [0.4, 0.5) is 0 Å². The number of carbonyl (C=O) groups is 1. The average Bonchev–Trinajstić information content (AvgIpc) is 2.22. The molecule has 1 aliphatic heterocycles. The molecule has 1 N–H and O–H groups in total. The summed E-state index contributed by atoms with van der Waals surface area (Å²) in [5.74, 6) is 0.0952. The van der Waals surface area contributed by atoms with E-state index in [4.69, 9.17) is 9.84 Å². The van der Waals surface area contributed by atoms with Crippen molar-refractivity contribution < 1.29 is 14.6 Å². The molecule has 16 heavy (non-hydrogen) atoms. The number of carboxylic acid groups (broad SMARTS) is 1. The van der Waals surface area contributed by atoms with Crippen LogP contribution in [0, 0.1) is 5.41 Å². The van der Waals surface area contributed by atoms with Crippen molar-refractivity contribution in [3.63, 3.8) is 0 Å². The lowest BCUT2D eigenvalue weighted by molar-refractivity contribution is -0.138. The second-order valence-corrected chi connectivity index (χ2v) is 4.97. The van der Waals surface area contributed by atoms with E-state index >= 15 is 0 Å². The molecule has 0 bridgehead atoms. The maximum atomic E-state index is 10.9.